The fourth-order valence-corrected chi connectivity index (χ4v) is 2.83. The molecule has 1 fully saturated rings. The first kappa shape index (κ1) is 15.2. The van der Waals surface area contributed by atoms with Crippen molar-refractivity contribution in [1.29, 1.82) is 0 Å². The van der Waals surface area contributed by atoms with Crippen LogP contribution in [0.3, 0.4) is 0 Å². The van der Waals surface area contributed by atoms with E-state index in [4.69, 9.17) is 10.9 Å². The van der Waals surface area contributed by atoms with Crippen LogP contribution < -0.4 is 10.5 Å². The van der Waals surface area contributed by atoms with Crippen molar-refractivity contribution in [2.75, 3.05) is 34.2 Å². The van der Waals surface area contributed by atoms with E-state index in [1.165, 1.54) is 14.1 Å². The molecule has 0 aromatic carbocycles. The lowest BCUT2D eigenvalue weighted by Crippen LogP contribution is -2.63. The third-order valence-corrected chi connectivity index (χ3v) is 4.85. The van der Waals surface area contributed by atoms with Gasteiger partial charge in [-0.1, -0.05) is 5.16 Å². The van der Waals surface area contributed by atoms with Crippen molar-refractivity contribution in [2.24, 2.45) is 10.9 Å². The summed E-state index contributed by atoms with van der Waals surface area (Å²) in [5, 5.41) is 11.8. The molecule has 1 rings (SSSR count). The van der Waals surface area contributed by atoms with E-state index in [2.05, 4.69) is 14.8 Å². The number of amidine groups is 1. The maximum absolute atomic E-state index is 11.9. The Labute approximate surface area is 108 Å². The molecule has 0 atom stereocenters. The predicted octanol–water partition coefficient (Wildman–Crippen LogP) is -1.41. The molecule has 0 aromatic heterocycles. The number of piperidine rings is 1. The molecular weight excluding hydrogens is 258 g/mol. The van der Waals surface area contributed by atoms with Crippen molar-refractivity contribution in [1.82, 2.24) is 13.9 Å². The quantitative estimate of drug-likeness (QED) is 0.253. The normalized spacial score (nSPS) is 22.3. The molecule has 0 radical (unpaired) electrons. The van der Waals surface area contributed by atoms with Crippen molar-refractivity contribution in [3.63, 3.8) is 0 Å². The summed E-state index contributed by atoms with van der Waals surface area (Å²) in [4.78, 5) is 2.06. The fourth-order valence-electron chi connectivity index (χ4n) is 1.84. The largest absolute Gasteiger partial charge is 0.409 e. The Morgan fingerprint density at radius 2 is 1.94 bits per heavy atom. The molecule has 4 N–H and O–H groups in total. The lowest BCUT2D eigenvalue weighted by Gasteiger charge is -2.40. The van der Waals surface area contributed by atoms with Gasteiger partial charge in [0.05, 0.1) is 5.54 Å². The topological polar surface area (TPSA) is 111 Å². The molecule has 0 bridgehead atoms. The van der Waals surface area contributed by atoms with Crippen LogP contribution in [0.2, 0.25) is 0 Å². The van der Waals surface area contributed by atoms with Crippen LogP contribution in [-0.2, 0) is 10.2 Å². The lowest BCUT2D eigenvalue weighted by molar-refractivity contribution is 0.211. The summed E-state index contributed by atoms with van der Waals surface area (Å²) >= 11 is 0. The van der Waals surface area contributed by atoms with Gasteiger partial charge in [0.1, 0.15) is 0 Å². The van der Waals surface area contributed by atoms with Crippen LogP contribution in [0.5, 0.6) is 0 Å². The summed E-state index contributed by atoms with van der Waals surface area (Å²) in [5.41, 5.74) is 4.66. The van der Waals surface area contributed by atoms with Gasteiger partial charge in [0.25, 0.3) is 10.2 Å². The van der Waals surface area contributed by atoms with Crippen molar-refractivity contribution < 1.29 is 13.6 Å². The number of oxime groups is 1. The second-order valence-electron chi connectivity index (χ2n) is 4.76. The fraction of sp³-hybridized carbons (Fsp3) is 0.889. The Kier molecular flexibility index (Phi) is 4.54. The van der Waals surface area contributed by atoms with E-state index in [0.29, 0.717) is 25.9 Å². The molecule has 0 aromatic rings. The number of rotatable bonds is 4. The van der Waals surface area contributed by atoms with Crippen LogP contribution in [0.25, 0.3) is 0 Å². The van der Waals surface area contributed by atoms with Crippen LogP contribution in [0, 0.1) is 0 Å². The highest BCUT2D eigenvalue weighted by Crippen LogP contribution is 2.23. The maximum atomic E-state index is 11.9. The molecule has 9 heteroatoms. The number of hydrogen-bond donors (Lipinski definition) is 3. The van der Waals surface area contributed by atoms with Gasteiger partial charge in [-0.15, -0.1) is 0 Å². The molecule has 1 aliphatic rings. The van der Waals surface area contributed by atoms with Crippen molar-refractivity contribution >= 4 is 16.0 Å². The average Bonchev–Trinajstić information content (AvgIpc) is 2.31. The maximum Gasteiger partial charge on any atom is 0.279 e. The van der Waals surface area contributed by atoms with E-state index >= 15 is 0 Å². The third kappa shape index (κ3) is 3.10. The number of hydrogen-bond acceptors (Lipinski definition) is 5. The van der Waals surface area contributed by atoms with E-state index in [0.717, 1.165) is 4.31 Å². The van der Waals surface area contributed by atoms with E-state index < -0.39 is 15.7 Å². The SMILES string of the molecule is CN1CCC(NS(=O)(=O)N(C)C)(/C(N)=N/O)CC1. The molecule has 18 heavy (non-hydrogen) atoms. The second-order valence-corrected chi connectivity index (χ2v) is 6.64. The molecule has 0 unspecified atom stereocenters. The third-order valence-electron chi connectivity index (χ3n) is 3.24. The molecule has 106 valence electrons. The van der Waals surface area contributed by atoms with Gasteiger partial charge < -0.3 is 15.8 Å². The smallest absolute Gasteiger partial charge is 0.279 e. The zero-order valence-corrected chi connectivity index (χ0v) is 11.7. The first-order valence-corrected chi connectivity index (χ1v) is 7.05. The monoisotopic (exact) mass is 279 g/mol. The van der Waals surface area contributed by atoms with Gasteiger partial charge in [-0.3, -0.25) is 0 Å². The Morgan fingerprint density at radius 3 is 2.33 bits per heavy atom. The van der Waals surface area contributed by atoms with Gasteiger partial charge >= 0.3 is 0 Å². The van der Waals surface area contributed by atoms with Gasteiger partial charge in [-0.2, -0.15) is 17.4 Å². The zero-order valence-electron chi connectivity index (χ0n) is 10.9. The lowest BCUT2D eigenvalue weighted by atomic mass is 9.88. The van der Waals surface area contributed by atoms with Crippen molar-refractivity contribution in [3.05, 3.63) is 0 Å². The minimum absolute atomic E-state index is 0.0963. The Morgan fingerprint density at radius 1 is 1.44 bits per heavy atom. The first-order chi connectivity index (χ1) is 8.23. The van der Waals surface area contributed by atoms with E-state index in [1.54, 1.807) is 0 Å². The minimum atomic E-state index is -3.64. The molecule has 1 heterocycles. The van der Waals surface area contributed by atoms with Gasteiger partial charge in [0.15, 0.2) is 5.84 Å². The van der Waals surface area contributed by atoms with E-state index in [-0.39, 0.29) is 5.84 Å². The van der Waals surface area contributed by atoms with Crippen molar-refractivity contribution in [2.45, 2.75) is 18.4 Å². The molecule has 0 aliphatic carbocycles. The molecule has 1 saturated heterocycles. The molecule has 0 amide bonds. The van der Waals surface area contributed by atoms with E-state index in [9.17, 15) is 8.42 Å². The number of nitrogens with one attached hydrogen (secondary N) is 1. The average molecular weight is 279 g/mol. The summed E-state index contributed by atoms with van der Waals surface area (Å²) in [7, 11) is 1.16. The molecular formula is C9H21N5O3S. The number of nitrogens with zero attached hydrogens (tertiary/aromatic N) is 3. The van der Waals surface area contributed by atoms with Crippen molar-refractivity contribution in [3.8, 4) is 0 Å². The highest BCUT2D eigenvalue weighted by molar-refractivity contribution is 7.87. The summed E-state index contributed by atoms with van der Waals surface area (Å²) in [5.74, 6) is -0.0963. The minimum Gasteiger partial charge on any atom is -0.409 e. The molecule has 0 saturated carbocycles. The summed E-state index contributed by atoms with van der Waals surface area (Å²) < 4.78 is 27.4. The van der Waals surface area contributed by atoms with Crippen LogP contribution in [-0.4, -0.2) is 68.4 Å². The van der Waals surface area contributed by atoms with Gasteiger partial charge in [0, 0.05) is 27.2 Å². The van der Waals surface area contributed by atoms with Crippen LogP contribution >= 0.6 is 0 Å². The Balaban J connectivity index is 3.01. The van der Waals surface area contributed by atoms with Gasteiger partial charge in [0.2, 0.25) is 0 Å². The Hall–Kier alpha value is -0.900. The Bertz CT molecular complexity index is 412. The number of likely N-dealkylation sites (tertiary alicyclic amines) is 1. The van der Waals surface area contributed by atoms with Gasteiger partial charge in [-0.25, -0.2) is 0 Å². The highest BCUT2D eigenvalue weighted by atomic mass is 32.2. The van der Waals surface area contributed by atoms with Crippen LogP contribution in [0.4, 0.5) is 0 Å². The molecule has 8 nitrogen and oxygen atoms in total. The van der Waals surface area contributed by atoms with Crippen LogP contribution in [0.15, 0.2) is 5.16 Å². The highest BCUT2D eigenvalue weighted by Gasteiger charge is 2.41. The summed E-state index contributed by atoms with van der Waals surface area (Å²) in [6.45, 7) is 1.35. The standard InChI is InChI=1S/C9H21N5O3S/c1-13(2)18(16,17)12-9(8(10)11-15)4-6-14(3)7-5-9/h12,15H,4-7H2,1-3H3,(H2,10,11). The van der Waals surface area contributed by atoms with E-state index in [1.807, 2.05) is 7.05 Å². The number of nitrogens with two attached hydrogens (primary N) is 1. The first-order valence-electron chi connectivity index (χ1n) is 5.61. The molecule has 1 aliphatic heterocycles. The van der Waals surface area contributed by atoms with Gasteiger partial charge in [-0.05, 0) is 19.9 Å². The van der Waals surface area contributed by atoms with Crippen LogP contribution in [0.1, 0.15) is 12.8 Å². The summed E-state index contributed by atoms with van der Waals surface area (Å²) in [6.07, 6.45) is 0.929. The second kappa shape index (κ2) is 5.39. The zero-order chi connectivity index (χ0) is 14.0. The molecule has 0 spiro atoms. The summed E-state index contributed by atoms with van der Waals surface area (Å²) in [6, 6.07) is 0. The predicted molar refractivity (Wildman–Crippen MR) is 68.6 cm³/mol.